The van der Waals surface area contributed by atoms with Crippen LogP contribution in [-0.2, 0) is 6.54 Å². The first-order valence-corrected chi connectivity index (χ1v) is 6.36. The molecule has 1 amide bonds. The molecule has 2 heterocycles. The quantitative estimate of drug-likeness (QED) is 0.937. The van der Waals surface area contributed by atoms with E-state index in [1.807, 2.05) is 6.07 Å². The summed E-state index contributed by atoms with van der Waals surface area (Å²) >= 11 is 3.28. The summed E-state index contributed by atoms with van der Waals surface area (Å²) in [6, 6.07) is 5.32. The van der Waals surface area contributed by atoms with Gasteiger partial charge in [0.2, 0.25) is 5.88 Å². The highest BCUT2D eigenvalue weighted by atomic mass is 79.9. The molecule has 98 valence electrons. The molecule has 0 saturated heterocycles. The van der Waals surface area contributed by atoms with E-state index in [2.05, 4.69) is 31.2 Å². The van der Waals surface area contributed by atoms with Crippen molar-refractivity contribution in [2.24, 2.45) is 0 Å². The Hall–Kier alpha value is -1.95. The summed E-state index contributed by atoms with van der Waals surface area (Å²) in [5, 5.41) is 2.81. The van der Waals surface area contributed by atoms with Crippen molar-refractivity contribution in [1.82, 2.24) is 15.3 Å². The number of carbonyl (C=O) groups is 1. The Kier molecular flexibility index (Phi) is 4.46. The number of carbonyl (C=O) groups excluding carboxylic acids is 1. The van der Waals surface area contributed by atoms with Crippen LogP contribution >= 0.6 is 15.9 Å². The maximum Gasteiger partial charge on any atom is 0.253 e. The summed E-state index contributed by atoms with van der Waals surface area (Å²) in [6.45, 7) is 0.407. The van der Waals surface area contributed by atoms with Gasteiger partial charge in [-0.05, 0) is 33.6 Å². The number of amides is 1. The molecule has 0 bridgehead atoms. The zero-order valence-electron chi connectivity index (χ0n) is 10.3. The number of hydrogen-bond donors (Lipinski definition) is 1. The van der Waals surface area contributed by atoms with Crippen LogP contribution in [0.5, 0.6) is 5.88 Å². The van der Waals surface area contributed by atoms with Crippen molar-refractivity contribution < 1.29 is 9.53 Å². The molecule has 5 nitrogen and oxygen atoms in total. The van der Waals surface area contributed by atoms with E-state index in [0.717, 1.165) is 10.0 Å². The third-order valence-corrected chi connectivity index (χ3v) is 2.86. The lowest BCUT2D eigenvalue weighted by atomic mass is 10.2. The second kappa shape index (κ2) is 6.29. The van der Waals surface area contributed by atoms with E-state index in [4.69, 9.17) is 4.74 Å². The van der Waals surface area contributed by atoms with Gasteiger partial charge in [-0.25, -0.2) is 4.98 Å². The number of nitrogens with one attached hydrogen (secondary N) is 1. The van der Waals surface area contributed by atoms with E-state index in [1.165, 1.54) is 6.20 Å². The standard InChI is InChI=1S/C13H12BrN3O2/c1-19-12-4-9(2-3-16-12)6-17-13(18)10-5-11(14)8-15-7-10/h2-5,7-8H,6H2,1H3,(H,17,18). The van der Waals surface area contributed by atoms with E-state index >= 15 is 0 Å². The number of hydrogen-bond acceptors (Lipinski definition) is 4. The van der Waals surface area contributed by atoms with E-state index in [9.17, 15) is 4.79 Å². The van der Waals surface area contributed by atoms with Gasteiger partial charge in [-0.1, -0.05) is 0 Å². The molecule has 0 radical (unpaired) electrons. The SMILES string of the molecule is COc1cc(CNC(=O)c2cncc(Br)c2)ccn1. The maximum absolute atomic E-state index is 11.9. The number of rotatable bonds is 4. The number of halogens is 1. The van der Waals surface area contributed by atoms with Gasteiger partial charge in [-0.3, -0.25) is 9.78 Å². The molecule has 0 saturated carbocycles. The van der Waals surface area contributed by atoms with Gasteiger partial charge in [0.05, 0.1) is 12.7 Å². The number of nitrogens with zero attached hydrogens (tertiary/aromatic N) is 2. The summed E-state index contributed by atoms with van der Waals surface area (Å²) in [5.74, 6) is 0.348. The van der Waals surface area contributed by atoms with Crippen LogP contribution in [0.25, 0.3) is 0 Å². The van der Waals surface area contributed by atoms with Crippen molar-refractivity contribution in [3.05, 3.63) is 52.4 Å². The monoisotopic (exact) mass is 321 g/mol. The minimum atomic E-state index is -0.176. The van der Waals surface area contributed by atoms with E-state index in [1.54, 1.807) is 31.6 Å². The van der Waals surface area contributed by atoms with Gasteiger partial charge in [0.1, 0.15) is 0 Å². The summed E-state index contributed by atoms with van der Waals surface area (Å²) in [7, 11) is 1.55. The Morgan fingerprint density at radius 3 is 3.00 bits per heavy atom. The lowest BCUT2D eigenvalue weighted by Crippen LogP contribution is -2.22. The minimum absolute atomic E-state index is 0.176. The Morgan fingerprint density at radius 2 is 2.26 bits per heavy atom. The van der Waals surface area contributed by atoms with Gasteiger partial charge in [-0.2, -0.15) is 0 Å². The van der Waals surface area contributed by atoms with Crippen molar-refractivity contribution in [1.29, 1.82) is 0 Å². The maximum atomic E-state index is 11.9. The molecule has 2 rings (SSSR count). The van der Waals surface area contributed by atoms with Crippen LogP contribution in [0.15, 0.2) is 41.3 Å². The lowest BCUT2D eigenvalue weighted by Gasteiger charge is -2.06. The van der Waals surface area contributed by atoms with Gasteiger partial charge in [-0.15, -0.1) is 0 Å². The van der Waals surface area contributed by atoms with Crippen molar-refractivity contribution in [3.8, 4) is 5.88 Å². The summed E-state index contributed by atoms with van der Waals surface area (Å²) in [4.78, 5) is 19.9. The summed E-state index contributed by atoms with van der Waals surface area (Å²) in [6.07, 6.45) is 4.79. The lowest BCUT2D eigenvalue weighted by molar-refractivity contribution is 0.0950. The second-order valence-electron chi connectivity index (χ2n) is 3.78. The van der Waals surface area contributed by atoms with Gasteiger partial charge < -0.3 is 10.1 Å². The average molecular weight is 322 g/mol. The third-order valence-electron chi connectivity index (χ3n) is 2.43. The Balaban J connectivity index is 2.00. The molecule has 19 heavy (non-hydrogen) atoms. The molecule has 0 fully saturated rings. The van der Waals surface area contributed by atoms with Crippen LogP contribution in [0.3, 0.4) is 0 Å². The molecule has 6 heteroatoms. The Labute approximate surface area is 119 Å². The van der Waals surface area contributed by atoms with Crippen LogP contribution in [-0.4, -0.2) is 23.0 Å². The fraction of sp³-hybridized carbons (Fsp3) is 0.154. The Bertz CT molecular complexity index is 590. The van der Waals surface area contributed by atoms with Gasteiger partial charge in [0.25, 0.3) is 5.91 Å². The first-order chi connectivity index (χ1) is 9.19. The first kappa shape index (κ1) is 13.5. The molecule has 0 aliphatic rings. The van der Waals surface area contributed by atoms with Crippen molar-refractivity contribution in [2.75, 3.05) is 7.11 Å². The minimum Gasteiger partial charge on any atom is -0.481 e. The summed E-state index contributed by atoms with van der Waals surface area (Å²) < 4.78 is 5.79. The molecule has 2 aromatic heterocycles. The molecule has 1 N–H and O–H groups in total. The molecule has 0 spiro atoms. The van der Waals surface area contributed by atoms with Crippen LogP contribution < -0.4 is 10.1 Å². The first-order valence-electron chi connectivity index (χ1n) is 5.56. The molecule has 0 aliphatic carbocycles. The number of methoxy groups -OCH3 is 1. The molecule has 0 atom stereocenters. The number of ether oxygens (including phenoxy) is 1. The molecule has 2 aromatic rings. The van der Waals surface area contributed by atoms with Crippen LogP contribution in [0.1, 0.15) is 15.9 Å². The van der Waals surface area contributed by atoms with Gasteiger partial charge in [0.15, 0.2) is 0 Å². The zero-order valence-corrected chi connectivity index (χ0v) is 11.8. The highest BCUT2D eigenvalue weighted by Crippen LogP contribution is 2.11. The van der Waals surface area contributed by atoms with E-state index in [0.29, 0.717) is 18.0 Å². The predicted octanol–water partition coefficient (Wildman–Crippen LogP) is 2.18. The van der Waals surface area contributed by atoms with Gasteiger partial charge in [0, 0.05) is 35.7 Å². The third kappa shape index (κ3) is 3.75. The highest BCUT2D eigenvalue weighted by Gasteiger charge is 2.06. The smallest absolute Gasteiger partial charge is 0.253 e. The molecule has 0 aliphatic heterocycles. The van der Waals surface area contributed by atoms with E-state index < -0.39 is 0 Å². The number of pyridine rings is 2. The van der Waals surface area contributed by atoms with E-state index in [-0.39, 0.29) is 5.91 Å². The fourth-order valence-electron chi connectivity index (χ4n) is 1.49. The average Bonchev–Trinajstić information content (AvgIpc) is 2.45. The molecular formula is C13H12BrN3O2. The van der Waals surface area contributed by atoms with Crippen molar-refractivity contribution in [3.63, 3.8) is 0 Å². The van der Waals surface area contributed by atoms with Crippen LogP contribution in [0, 0.1) is 0 Å². The normalized spacial score (nSPS) is 10.0. The molecule has 0 aromatic carbocycles. The molecular weight excluding hydrogens is 310 g/mol. The zero-order chi connectivity index (χ0) is 13.7. The van der Waals surface area contributed by atoms with Crippen molar-refractivity contribution >= 4 is 21.8 Å². The highest BCUT2D eigenvalue weighted by molar-refractivity contribution is 9.10. The predicted molar refractivity (Wildman–Crippen MR) is 73.9 cm³/mol. The number of aromatic nitrogens is 2. The largest absolute Gasteiger partial charge is 0.481 e. The van der Waals surface area contributed by atoms with Crippen molar-refractivity contribution in [2.45, 2.75) is 6.54 Å². The van der Waals surface area contributed by atoms with Gasteiger partial charge >= 0.3 is 0 Å². The summed E-state index contributed by atoms with van der Waals surface area (Å²) in [5.41, 5.74) is 1.43. The van der Waals surface area contributed by atoms with Crippen LogP contribution in [0.4, 0.5) is 0 Å². The Morgan fingerprint density at radius 1 is 1.42 bits per heavy atom. The second-order valence-corrected chi connectivity index (χ2v) is 4.70. The topological polar surface area (TPSA) is 64.1 Å². The fourth-order valence-corrected chi connectivity index (χ4v) is 1.86. The van der Waals surface area contributed by atoms with Crippen LogP contribution in [0.2, 0.25) is 0 Å². The molecule has 0 unspecified atom stereocenters.